The molecule has 392 valence electrons. The van der Waals surface area contributed by atoms with Gasteiger partial charge in [-0.1, -0.05) is 84.9 Å². The molecule has 6 rings (SSSR count). The Kier molecular flexibility index (Phi) is 15.4. The van der Waals surface area contributed by atoms with Gasteiger partial charge in [-0.05, 0) is 24.3 Å². The molecule has 1 heterocycles. The molecular formula is C46H26BF24NO. The van der Waals surface area contributed by atoms with Crippen LogP contribution in [0.5, 0.6) is 0 Å². The van der Waals surface area contributed by atoms with Crippen molar-refractivity contribution in [3.63, 3.8) is 0 Å². The molecule has 0 spiro atoms. The molecular weight excluding hydrogens is 1050 g/mol. The Labute approximate surface area is 394 Å². The van der Waals surface area contributed by atoms with E-state index in [1.165, 1.54) is 0 Å². The van der Waals surface area contributed by atoms with Crippen LogP contribution in [0, 0.1) is 6.92 Å². The fourth-order valence-electron chi connectivity index (χ4n) is 7.68. The summed E-state index contributed by atoms with van der Waals surface area (Å²) in [6, 6.07) is 6.48. The number of rotatable bonds is 7. The fourth-order valence-corrected chi connectivity index (χ4v) is 7.68. The molecule has 0 aliphatic carbocycles. The largest absolute Gasteiger partial charge is 0.416 e. The molecule has 0 radical (unpaired) electrons. The van der Waals surface area contributed by atoms with E-state index in [2.05, 4.69) is 0 Å². The number of carbonyl (C=O) groups is 1. The molecule has 5 aromatic carbocycles. The number of nitrogens with zero attached hydrogens (tertiary/aromatic N) is 1. The molecule has 0 saturated heterocycles. The van der Waals surface area contributed by atoms with Crippen LogP contribution in [0.1, 0.15) is 60.6 Å². The number of benzene rings is 5. The number of carbonyl (C=O) groups excluding carboxylic acids is 1. The summed E-state index contributed by atoms with van der Waals surface area (Å²) in [5.41, 5.74) is -28.4. The lowest BCUT2D eigenvalue weighted by Crippen LogP contribution is -2.75. The Morgan fingerprint density at radius 1 is 0.356 bits per heavy atom. The molecule has 27 heteroatoms. The Balaban J connectivity index is 0.000000520. The summed E-state index contributed by atoms with van der Waals surface area (Å²) in [7, 11) is 0. The van der Waals surface area contributed by atoms with Crippen molar-refractivity contribution in [2.75, 3.05) is 0 Å². The van der Waals surface area contributed by atoms with Crippen molar-refractivity contribution in [3.05, 3.63) is 183 Å². The van der Waals surface area contributed by atoms with E-state index in [4.69, 9.17) is 0 Å². The molecule has 0 aliphatic heterocycles. The summed E-state index contributed by atoms with van der Waals surface area (Å²) in [5.74, 6) is 0.139. The van der Waals surface area contributed by atoms with E-state index in [0.717, 1.165) is 11.3 Å². The number of aromatic nitrogens is 1. The van der Waals surface area contributed by atoms with Crippen LogP contribution in [0.2, 0.25) is 0 Å². The standard InChI is InChI=1S/C32H12BF24.C14H14NO/c34-25(35,36)13-1-14(26(37,38)39)6-21(5-13)33(22-7-15(27(40,41)42)2-16(8-22)28(43,44)45,23-9-17(29(46,47)48)3-18(10-23)30(49,50)51)24-11-19(31(52,53)54)4-20(12-24)32(55,56)57;1-12-7-5-6-10-15(12)11-14(16)13-8-3-2-4-9-13/h1-12H;2-10H,11H2,1H3/q-1;+1. The molecule has 0 unspecified atom stereocenters. The third-order valence-corrected chi connectivity index (χ3v) is 11.0. The summed E-state index contributed by atoms with van der Waals surface area (Å²) in [6.45, 7) is 2.40. The van der Waals surface area contributed by atoms with E-state index in [0.29, 0.717) is 6.54 Å². The first kappa shape index (κ1) is 57.2. The number of hydrogen-bond acceptors (Lipinski definition) is 1. The highest BCUT2D eigenvalue weighted by Gasteiger charge is 2.47. The van der Waals surface area contributed by atoms with Gasteiger partial charge in [0.15, 0.2) is 11.9 Å². The molecule has 0 fully saturated rings. The van der Waals surface area contributed by atoms with Crippen LogP contribution in [0.25, 0.3) is 0 Å². The number of aryl methyl sites for hydroxylation is 1. The molecule has 73 heavy (non-hydrogen) atoms. The van der Waals surface area contributed by atoms with Crippen molar-refractivity contribution < 1.29 is 115 Å². The second kappa shape index (κ2) is 19.6. The van der Waals surface area contributed by atoms with Crippen molar-refractivity contribution in [3.8, 4) is 0 Å². The minimum atomic E-state index is -6.13. The number of alkyl halides is 24. The lowest BCUT2D eigenvalue weighted by molar-refractivity contribution is -0.689. The van der Waals surface area contributed by atoms with Crippen molar-refractivity contribution in [2.24, 2.45) is 0 Å². The molecule has 0 bridgehead atoms. The van der Waals surface area contributed by atoms with Crippen LogP contribution in [0.3, 0.4) is 0 Å². The fraction of sp³-hybridized carbons (Fsp3) is 0.217. The molecule has 0 aliphatic rings. The zero-order chi connectivity index (χ0) is 55.3. The predicted octanol–water partition coefficient (Wildman–Crippen LogP) is 13.4. The van der Waals surface area contributed by atoms with Crippen LogP contribution in [0.4, 0.5) is 105 Å². The monoisotopic (exact) mass is 1080 g/mol. The maximum atomic E-state index is 14.2. The first-order chi connectivity index (χ1) is 33.0. The molecule has 1 aromatic heterocycles. The van der Waals surface area contributed by atoms with Gasteiger partial charge in [-0.3, -0.25) is 4.79 Å². The first-order valence-electron chi connectivity index (χ1n) is 19.9. The van der Waals surface area contributed by atoms with Crippen LogP contribution >= 0.6 is 0 Å². The highest BCUT2D eigenvalue weighted by molar-refractivity contribution is 7.20. The normalized spacial score (nSPS) is 13.4. The van der Waals surface area contributed by atoms with Gasteiger partial charge in [0.2, 0.25) is 12.3 Å². The topological polar surface area (TPSA) is 20.9 Å². The zero-order valence-corrected chi connectivity index (χ0v) is 35.8. The summed E-state index contributed by atoms with van der Waals surface area (Å²) >= 11 is 0. The average Bonchev–Trinajstić information content (AvgIpc) is 3.25. The third-order valence-electron chi connectivity index (χ3n) is 11.0. The quantitative estimate of drug-likeness (QED) is 0.0675. The lowest BCUT2D eigenvalue weighted by atomic mass is 9.12. The second-order valence-corrected chi connectivity index (χ2v) is 16.0. The molecule has 0 amide bonds. The molecule has 2 nitrogen and oxygen atoms in total. The minimum Gasteiger partial charge on any atom is -0.287 e. The van der Waals surface area contributed by atoms with Crippen molar-refractivity contribution in [2.45, 2.75) is 62.9 Å². The van der Waals surface area contributed by atoms with Crippen LogP contribution in [-0.2, 0) is 56.0 Å². The van der Waals surface area contributed by atoms with Gasteiger partial charge in [-0.25, -0.2) is 0 Å². The third kappa shape index (κ3) is 13.3. The van der Waals surface area contributed by atoms with Crippen molar-refractivity contribution in [1.29, 1.82) is 0 Å². The lowest BCUT2D eigenvalue weighted by Gasteiger charge is -2.46. The highest BCUT2D eigenvalue weighted by atomic mass is 19.4. The molecule has 0 N–H and O–H groups in total. The van der Waals surface area contributed by atoms with Crippen LogP contribution in [0.15, 0.2) is 128 Å². The Bertz CT molecular complexity index is 2520. The molecule has 0 saturated carbocycles. The Morgan fingerprint density at radius 2 is 0.589 bits per heavy atom. The van der Waals surface area contributed by atoms with Gasteiger partial charge in [-0.15, -0.1) is 0 Å². The summed E-state index contributed by atoms with van der Waals surface area (Å²) < 4.78 is 343. The smallest absolute Gasteiger partial charge is 0.287 e. The summed E-state index contributed by atoms with van der Waals surface area (Å²) in [4.78, 5) is 11.9. The van der Waals surface area contributed by atoms with Crippen molar-refractivity contribution in [1.82, 2.24) is 0 Å². The van der Waals surface area contributed by atoms with E-state index in [9.17, 15) is 110 Å². The van der Waals surface area contributed by atoms with Crippen molar-refractivity contribution >= 4 is 33.8 Å². The van der Waals surface area contributed by atoms with Crippen LogP contribution < -0.4 is 26.4 Å². The maximum Gasteiger partial charge on any atom is 0.416 e. The molecule has 6 aromatic rings. The SMILES string of the molecule is Cc1cccc[n+]1CC(=O)c1ccccc1.FC(F)(F)c1cc([B-](c2cc(C(F)(F)F)cc(C(F)(F)F)c2)(c2cc(C(F)(F)F)cc(C(F)(F)F)c2)c2cc(C(F)(F)F)cc(C(F)(F)F)c2)cc(C(F)(F)F)c1. The Hall–Kier alpha value is -6.70. The van der Waals surface area contributed by atoms with Gasteiger partial charge in [0.05, 0.1) is 44.5 Å². The number of pyridine rings is 1. The van der Waals surface area contributed by atoms with E-state index in [1.54, 1.807) is 0 Å². The van der Waals surface area contributed by atoms with E-state index in [-0.39, 0.29) is 5.78 Å². The van der Waals surface area contributed by atoms with Gasteiger partial charge in [0, 0.05) is 24.6 Å². The van der Waals surface area contributed by atoms with Gasteiger partial charge in [0.1, 0.15) is 6.15 Å². The zero-order valence-electron chi connectivity index (χ0n) is 35.8. The Morgan fingerprint density at radius 3 is 0.808 bits per heavy atom. The number of hydrogen-bond donors (Lipinski definition) is 0. The van der Waals surface area contributed by atoms with E-state index in [1.807, 2.05) is 66.2 Å². The van der Waals surface area contributed by atoms with E-state index >= 15 is 0 Å². The average molecular weight is 1080 g/mol. The summed E-state index contributed by atoms with van der Waals surface area (Å²) in [6.07, 6.45) is -52.9. The van der Waals surface area contributed by atoms with E-state index < -0.39 is 195 Å². The second-order valence-electron chi connectivity index (χ2n) is 16.0. The number of halogens is 24. The predicted molar refractivity (Wildman–Crippen MR) is 212 cm³/mol. The minimum absolute atomic E-state index is 0.139. The first-order valence-corrected chi connectivity index (χ1v) is 19.9. The highest BCUT2D eigenvalue weighted by Crippen LogP contribution is 2.41. The summed E-state index contributed by atoms with van der Waals surface area (Å²) in [5, 5.41) is 0. The van der Waals surface area contributed by atoms with Gasteiger partial charge < -0.3 is 0 Å². The maximum absolute atomic E-state index is 14.2. The van der Waals surface area contributed by atoms with Gasteiger partial charge in [0.25, 0.3) is 0 Å². The van der Waals surface area contributed by atoms with Crippen LogP contribution in [-0.4, -0.2) is 11.9 Å². The van der Waals surface area contributed by atoms with Gasteiger partial charge >= 0.3 is 49.4 Å². The number of Topliss-reactive ketones (excluding diaryl/α,β-unsaturated/α-hetero) is 1. The molecule has 0 atom stereocenters. The number of ketones is 1. The van der Waals surface area contributed by atoms with Gasteiger partial charge in [-0.2, -0.15) is 132 Å².